The minimum atomic E-state index is -0.978. The number of allylic oxidation sites excluding steroid dienone is 4. The predicted molar refractivity (Wildman–Crippen MR) is 125 cm³/mol. The number of carbonyl (C=O) groups excluding carboxylic acids is 2. The molecule has 0 spiro atoms. The number of ether oxygens (including phenoxy) is 1. The maximum atomic E-state index is 13.6. The van der Waals surface area contributed by atoms with Crippen molar-refractivity contribution in [3.8, 4) is 5.75 Å². The second-order valence-corrected chi connectivity index (χ2v) is 11.0. The van der Waals surface area contributed by atoms with Gasteiger partial charge in [0.2, 0.25) is 0 Å². The lowest BCUT2D eigenvalue weighted by atomic mass is 9.63. The highest BCUT2D eigenvalue weighted by molar-refractivity contribution is 6.07. The summed E-state index contributed by atoms with van der Waals surface area (Å²) in [5, 5.41) is 9.76. The molecule has 1 heterocycles. The summed E-state index contributed by atoms with van der Waals surface area (Å²) in [4.78, 5) is 40.9. The van der Waals surface area contributed by atoms with Crippen LogP contribution < -0.4 is 4.74 Å². The van der Waals surface area contributed by atoms with Crippen LogP contribution in [0.25, 0.3) is 0 Å². The van der Waals surface area contributed by atoms with E-state index in [-0.39, 0.29) is 28.9 Å². The highest BCUT2D eigenvalue weighted by Gasteiger charge is 2.49. The molecule has 0 atom stereocenters. The average molecular weight is 452 g/mol. The van der Waals surface area contributed by atoms with Gasteiger partial charge in [-0.1, -0.05) is 45.9 Å². The number of carbonyl (C=O) groups is 3. The molecule has 6 heteroatoms. The number of Topliss-reactive ketones (excluding diaryl/α,β-unsaturated/α-hetero) is 2. The lowest BCUT2D eigenvalue weighted by Crippen LogP contribution is -2.45. The van der Waals surface area contributed by atoms with Gasteiger partial charge >= 0.3 is 5.97 Å². The molecule has 33 heavy (non-hydrogen) atoms. The molecule has 2 aliphatic carbocycles. The molecule has 176 valence electrons. The lowest BCUT2D eigenvalue weighted by molar-refractivity contribution is -0.138. The Hall–Kier alpha value is -2.89. The maximum Gasteiger partial charge on any atom is 0.323 e. The Morgan fingerprint density at radius 3 is 1.97 bits per heavy atom. The van der Waals surface area contributed by atoms with Gasteiger partial charge in [0.25, 0.3) is 0 Å². The highest BCUT2D eigenvalue weighted by Crippen LogP contribution is 2.55. The molecule has 6 nitrogen and oxygen atoms in total. The van der Waals surface area contributed by atoms with Gasteiger partial charge in [0, 0.05) is 46.9 Å². The van der Waals surface area contributed by atoms with Gasteiger partial charge in [0.1, 0.15) is 12.3 Å². The molecule has 1 aliphatic heterocycles. The first kappa shape index (κ1) is 23.3. The summed E-state index contributed by atoms with van der Waals surface area (Å²) in [6.07, 6.45) is 1.89. The molecule has 0 saturated heterocycles. The molecule has 0 radical (unpaired) electrons. The molecule has 1 aromatic rings. The number of rotatable bonds is 5. The van der Waals surface area contributed by atoms with Crippen LogP contribution in [0.5, 0.6) is 5.75 Å². The van der Waals surface area contributed by atoms with E-state index in [1.807, 2.05) is 58.9 Å². The van der Waals surface area contributed by atoms with Gasteiger partial charge < -0.3 is 14.7 Å². The second kappa shape index (κ2) is 8.15. The summed E-state index contributed by atoms with van der Waals surface area (Å²) < 4.78 is 5.92. The van der Waals surface area contributed by atoms with Crippen molar-refractivity contribution in [1.29, 1.82) is 0 Å². The zero-order chi connectivity index (χ0) is 24.1. The average Bonchev–Trinajstić information content (AvgIpc) is 2.68. The van der Waals surface area contributed by atoms with Gasteiger partial charge in [0.15, 0.2) is 11.6 Å². The summed E-state index contributed by atoms with van der Waals surface area (Å²) in [7, 11) is 0. The predicted octanol–water partition coefficient (Wildman–Crippen LogP) is 4.86. The van der Waals surface area contributed by atoms with E-state index >= 15 is 0 Å². The van der Waals surface area contributed by atoms with E-state index in [0.717, 1.165) is 17.0 Å². The van der Waals surface area contributed by atoms with Crippen LogP contribution in [0.15, 0.2) is 46.8 Å². The van der Waals surface area contributed by atoms with E-state index < -0.39 is 11.9 Å². The summed E-state index contributed by atoms with van der Waals surface area (Å²) in [5.74, 6) is -0.886. The molecular formula is C27H33NO5. The minimum Gasteiger partial charge on any atom is -0.494 e. The minimum absolute atomic E-state index is 0.0166. The summed E-state index contributed by atoms with van der Waals surface area (Å²) in [6, 6.07) is 7.59. The SMILES string of the molecule is CCOc1ccccc1C1C2=C(CC(C)(C)CC2=O)N(CC(=O)O)C2=C1C(=O)CC(C)(C)C2. The standard InChI is InChI=1S/C27H33NO5/c1-6-33-21-10-8-7-9-16(21)23-24-17(11-26(2,3)13-19(24)29)28(15-22(31)32)18-12-27(4,5)14-20(30)25(18)23/h7-10,23H,6,11-15H2,1-5H3,(H,31,32). The van der Waals surface area contributed by atoms with Crippen LogP contribution in [-0.2, 0) is 14.4 Å². The number of carboxylic acids is 1. The first-order valence-electron chi connectivity index (χ1n) is 11.7. The zero-order valence-electron chi connectivity index (χ0n) is 20.2. The van der Waals surface area contributed by atoms with E-state index in [2.05, 4.69) is 0 Å². The quantitative estimate of drug-likeness (QED) is 0.689. The maximum absolute atomic E-state index is 13.6. The molecule has 0 amide bonds. The number of aliphatic carboxylic acids is 1. The van der Waals surface area contributed by atoms with Crippen molar-refractivity contribution in [2.75, 3.05) is 13.2 Å². The largest absolute Gasteiger partial charge is 0.494 e. The topological polar surface area (TPSA) is 83.9 Å². The molecule has 3 aliphatic rings. The van der Waals surface area contributed by atoms with Gasteiger partial charge in [-0.15, -0.1) is 0 Å². The number of ketones is 2. The Morgan fingerprint density at radius 1 is 0.970 bits per heavy atom. The molecule has 0 bridgehead atoms. The Balaban J connectivity index is 2.03. The molecule has 1 N–H and O–H groups in total. The number of hydrogen-bond donors (Lipinski definition) is 1. The van der Waals surface area contributed by atoms with Gasteiger partial charge in [0.05, 0.1) is 6.61 Å². The van der Waals surface area contributed by atoms with Crippen molar-refractivity contribution in [3.63, 3.8) is 0 Å². The van der Waals surface area contributed by atoms with Crippen LogP contribution in [0.4, 0.5) is 0 Å². The van der Waals surface area contributed by atoms with Crippen LogP contribution in [0.3, 0.4) is 0 Å². The number of nitrogens with zero attached hydrogens (tertiary/aromatic N) is 1. The van der Waals surface area contributed by atoms with Gasteiger partial charge in [-0.3, -0.25) is 14.4 Å². The van der Waals surface area contributed by atoms with Gasteiger partial charge in [-0.25, -0.2) is 0 Å². The monoisotopic (exact) mass is 451 g/mol. The first-order chi connectivity index (χ1) is 15.4. The Bertz CT molecular complexity index is 1040. The number of benzene rings is 1. The van der Waals surface area contributed by atoms with Crippen LogP contribution in [-0.4, -0.2) is 40.7 Å². The van der Waals surface area contributed by atoms with Crippen LogP contribution >= 0.6 is 0 Å². The summed E-state index contributed by atoms with van der Waals surface area (Å²) >= 11 is 0. The third-order valence-electron chi connectivity index (χ3n) is 6.85. The zero-order valence-corrected chi connectivity index (χ0v) is 20.2. The van der Waals surface area contributed by atoms with Crippen LogP contribution in [0.1, 0.15) is 71.8 Å². The van der Waals surface area contributed by atoms with Crippen molar-refractivity contribution in [2.45, 2.75) is 66.2 Å². The third-order valence-corrected chi connectivity index (χ3v) is 6.85. The highest BCUT2D eigenvalue weighted by atomic mass is 16.5. The lowest BCUT2D eigenvalue weighted by Gasteiger charge is -2.48. The fourth-order valence-corrected chi connectivity index (χ4v) is 5.69. The van der Waals surface area contributed by atoms with E-state index in [9.17, 15) is 19.5 Å². The number of hydrogen-bond acceptors (Lipinski definition) is 5. The number of carboxylic acid groups (broad SMARTS) is 1. The first-order valence-corrected chi connectivity index (χ1v) is 11.7. The van der Waals surface area contributed by atoms with E-state index in [1.54, 1.807) is 4.90 Å². The molecule has 0 unspecified atom stereocenters. The summed E-state index contributed by atoms with van der Waals surface area (Å²) in [5.41, 5.74) is 2.85. The van der Waals surface area contributed by atoms with Crippen molar-refractivity contribution >= 4 is 17.5 Å². The molecular weight excluding hydrogens is 418 g/mol. The molecule has 0 saturated carbocycles. The number of para-hydroxylation sites is 1. The van der Waals surface area contributed by atoms with E-state index in [4.69, 9.17) is 4.74 Å². The van der Waals surface area contributed by atoms with Crippen molar-refractivity contribution < 1.29 is 24.2 Å². The Kier molecular flexibility index (Phi) is 5.75. The van der Waals surface area contributed by atoms with E-state index in [1.165, 1.54) is 0 Å². The smallest absolute Gasteiger partial charge is 0.323 e. The molecule has 1 aromatic carbocycles. The van der Waals surface area contributed by atoms with E-state index in [0.29, 0.717) is 49.2 Å². The second-order valence-electron chi connectivity index (χ2n) is 11.0. The van der Waals surface area contributed by atoms with Crippen LogP contribution in [0.2, 0.25) is 0 Å². The Morgan fingerprint density at radius 2 is 1.48 bits per heavy atom. The fraction of sp³-hybridized carbons (Fsp3) is 0.519. The third kappa shape index (κ3) is 4.23. The van der Waals surface area contributed by atoms with Crippen molar-refractivity contribution in [3.05, 3.63) is 52.4 Å². The van der Waals surface area contributed by atoms with Crippen molar-refractivity contribution in [1.82, 2.24) is 4.90 Å². The van der Waals surface area contributed by atoms with Crippen LogP contribution in [0, 0.1) is 10.8 Å². The normalized spacial score (nSPS) is 22.3. The molecule has 0 aromatic heterocycles. The molecule has 0 fully saturated rings. The fourth-order valence-electron chi connectivity index (χ4n) is 5.69. The van der Waals surface area contributed by atoms with Gasteiger partial charge in [-0.2, -0.15) is 0 Å². The van der Waals surface area contributed by atoms with Gasteiger partial charge in [-0.05, 0) is 36.7 Å². The summed E-state index contributed by atoms with van der Waals surface area (Å²) in [6.45, 7) is 10.3. The van der Waals surface area contributed by atoms with Crippen molar-refractivity contribution in [2.24, 2.45) is 10.8 Å². The Labute approximate surface area is 195 Å². The molecule has 4 rings (SSSR count).